The number of nitrogens with one attached hydrogen (secondary N) is 1. The summed E-state index contributed by atoms with van der Waals surface area (Å²) in [6, 6.07) is 14.8. The number of fused-ring (bicyclic) bond motifs is 1. The van der Waals surface area contributed by atoms with E-state index in [1.165, 1.54) is 5.69 Å². The molecule has 1 saturated heterocycles. The fourth-order valence-corrected chi connectivity index (χ4v) is 5.75. The zero-order chi connectivity index (χ0) is 18.1. The zero-order valence-electron chi connectivity index (χ0n) is 15.1. The van der Waals surface area contributed by atoms with Gasteiger partial charge in [-0.15, -0.1) is 0 Å². The second-order valence-corrected chi connectivity index (χ2v) is 8.83. The standard InChI is InChI=1S/C20H25N3O2S/c1-16-10-11-18-19(22-14-12-21-13-15-22)8-5-9-20(18)23(16)26(24,25)17-6-3-2-4-7-17/h2-9,16,21H,10-15H2,1H3. The third-order valence-electron chi connectivity index (χ3n) is 5.33. The van der Waals surface area contributed by atoms with Crippen molar-refractivity contribution >= 4 is 21.4 Å². The molecule has 0 radical (unpaired) electrons. The molecule has 2 aromatic carbocycles. The number of sulfonamides is 1. The van der Waals surface area contributed by atoms with E-state index < -0.39 is 10.0 Å². The van der Waals surface area contributed by atoms with Gasteiger partial charge in [-0.2, -0.15) is 0 Å². The Morgan fingerprint density at radius 1 is 0.962 bits per heavy atom. The quantitative estimate of drug-likeness (QED) is 0.901. The zero-order valence-corrected chi connectivity index (χ0v) is 15.9. The first-order valence-electron chi connectivity index (χ1n) is 9.26. The second-order valence-electron chi connectivity index (χ2n) is 7.01. The number of anilines is 2. The van der Waals surface area contributed by atoms with E-state index in [9.17, 15) is 8.42 Å². The van der Waals surface area contributed by atoms with Crippen molar-refractivity contribution in [1.82, 2.24) is 5.32 Å². The summed E-state index contributed by atoms with van der Waals surface area (Å²) in [5.74, 6) is 0. The van der Waals surface area contributed by atoms with Crippen molar-refractivity contribution in [3.8, 4) is 0 Å². The van der Waals surface area contributed by atoms with Crippen LogP contribution in [0, 0.1) is 0 Å². The summed E-state index contributed by atoms with van der Waals surface area (Å²) in [6.07, 6.45) is 1.75. The van der Waals surface area contributed by atoms with E-state index in [-0.39, 0.29) is 6.04 Å². The maximum atomic E-state index is 13.4. The molecule has 5 nitrogen and oxygen atoms in total. The summed E-state index contributed by atoms with van der Waals surface area (Å²) in [4.78, 5) is 2.73. The fraction of sp³-hybridized carbons (Fsp3) is 0.400. The molecule has 138 valence electrons. The molecule has 0 amide bonds. The van der Waals surface area contributed by atoms with Crippen molar-refractivity contribution in [2.75, 3.05) is 35.4 Å². The Bertz CT molecular complexity index is 877. The first-order valence-corrected chi connectivity index (χ1v) is 10.7. The summed E-state index contributed by atoms with van der Waals surface area (Å²) in [5.41, 5.74) is 3.18. The van der Waals surface area contributed by atoms with Crippen LogP contribution in [0.25, 0.3) is 0 Å². The Balaban J connectivity index is 1.80. The first kappa shape index (κ1) is 17.4. The van der Waals surface area contributed by atoms with Crippen molar-refractivity contribution in [2.24, 2.45) is 0 Å². The van der Waals surface area contributed by atoms with Crippen LogP contribution < -0.4 is 14.5 Å². The van der Waals surface area contributed by atoms with E-state index >= 15 is 0 Å². The minimum Gasteiger partial charge on any atom is -0.369 e. The van der Waals surface area contributed by atoms with E-state index in [2.05, 4.69) is 16.3 Å². The van der Waals surface area contributed by atoms with Gasteiger partial charge in [0.1, 0.15) is 0 Å². The van der Waals surface area contributed by atoms with Gasteiger partial charge in [-0.3, -0.25) is 4.31 Å². The van der Waals surface area contributed by atoms with Crippen LogP contribution in [-0.4, -0.2) is 40.6 Å². The molecule has 1 unspecified atom stereocenters. The van der Waals surface area contributed by atoms with Crippen LogP contribution in [0.3, 0.4) is 0 Å². The molecule has 1 N–H and O–H groups in total. The Labute approximate surface area is 155 Å². The van der Waals surface area contributed by atoms with E-state index in [0.29, 0.717) is 4.90 Å². The first-order chi connectivity index (χ1) is 12.6. The van der Waals surface area contributed by atoms with Gasteiger partial charge in [0, 0.05) is 37.9 Å². The molecule has 26 heavy (non-hydrogen) atoms. The van der Waals surface area contributed by atoms with E-state index in [4.69, 9.17) is 0 Å². The van der Waals surface area contributed by atoms with Crippen LogP contribution >= 0.6 is 0 Å². The summed E-state index contributed by atoms with van der Waals surface area (Å²) in [5, 5.41) is 3.38. The van der Waals surface area contributed by atoms with Gasteiger partial charge in [-0.25, -0.2) is 8.42 Å². The SMILES string of the molecule is CC1CCc2c(N3CCNCC3)cccc2N1S(=O)(=O)c1ccccc1. The van der Waals surface area contributed by atoms with Gasteiger partial charge in [-0.05, 0) is 49.6 Å². The van der Waals surface area contributed by atoms with Gasteiger partial charge in [-0.1, -0.05) is 24.3 Å². The van der Waals surface area contributed by atoms with Gasteiger partial charge in [0.05, 0.1) is 10.6 Å². The van der Waals surface area contributed by atoms with E-state index in [0.717, 1.165) is 50.3 Å². The molecule has 1 fully saturated rings. The van der Waals surface area contributed by atoms with Crippen LogP contribution in [0.4, 0.5) is 11.4 Å². The predicted molar refractivity (Wildman–Crippen MR) is 105 cm³/mol. The summed E-state index contributed by atoms with van der Waals surface area (Å²) >= 11 is 0. The summed E-state index contributed by atoms with van der Waals surface area (Å²) in [7, 11) is -3.57. The number of hydrogen-bond acceptors (Lipinski definition) is 4. The maximum Gasteiger partial charge on any atom is 0.264 e. The molecule has 1 atom stereocenters. The molecule has 0 aromatic heterocycles. The van der Waals surface area contributed by atoms with Crippen molar-refractivity contribution in [3.05, 3.63) is 54.1 Å². The average molecular weight is 372 g/mol. The molecular weight excluding hydrogens is 346 g/mol. The Morgan fingerprint density at radius 3 is 2.38 bits per heavy atom. The molecule has 2 aromatic rings. The lowest BCUT2D eigenvalue weighted by atomic mass is 9.96. The monoisotopic (exact) mass is 371 g/mol. The Morgan fingerprint density at radius 2 is 1.65 bits per heavy atom. The number of benzene rings is 2. The Hall–Kier alpha value is -2.05. The molecule has 2 heterocycles. The average Bonchev–Trinajstić information content (AvgIpc) is 2.68. The molecular formula is C20H25N3O2S. The van der Waals surface area contributed by atoms with Gasteiger partial charge in [0.2, 0.25) is 0 Å². The van der Waals surface area contributed by atoms with Crippen molar-refractivity contribution in [1.29, 1.82) is 0 Å². The molecule has 4 rings (SSSR count). The van der Waals surface area contributed by atoms with Crippen LogP contribution in [0.15, 0.2) is 53.4 Å². The summed E-state index contributed by atoms with van der Waals surface area (Å²) in [6.45, 7) is 5.84. The number of nitrogens with zero attached hydrogens (tertiary/aromatic N) is 2. The molecule has 0 spiro atoms. The van der Waals surface area contributed by atoms with Gasteiger partial charge in [0.25, 0.3) is 10.0 Å². The minimum atomic E-state index is -3.57. The molecule has 0 aliphatic carbocycles. The van der Waals surface area contributed by atoms with Gasteiger partial charge < -0.3 is 10.2 Å². The van der Waals surface area contributed by atoms with Crippen molar-refractivity contribution < 1.29 is 8.42 Å². The lowest BCUT2D eigenvalue weighted by Crippen LogP contribution is -2.45. The number of hydrogen-bond donors (Lipinski definition) is 1. The van der Waals surface area contributed by atoms with Crippen molar-refractivity contribution in [3.63, 3.8) is 0 Å². The van der Waals surface area contributed by atoms with Gasteiger partial charge in [0.15, 0.2) is 0 Å². The largest absolute Gasteiger partial charge is 0.369 e. The second kappa shape index (κ2) is 6.93. The van der Waals surface area contributed by atoms with E-state index in [1.807, 2.05) is 25.1 Å². The smallest absolute Gasteiger partial charge is 0.264 e. The minimum absolute atomic E-state index is 0.0500. The Kier molecular flexibility index (Phi) is 4.63. The third-order valence-corrected chi connectivity index (χ3v) is 7.28. The van der Waals surface area contributed by atoms with Crippen LogP contribution in [0.1, 0.15) is 18.9 Å². The lowest BCUT2D eigenvalue weighted by molar-refractivity contribution is 0.560. The maximum absolute atomic E-state index is 13.4. The molecule has 2 aliphatic rings. The highest BCUT2D eigenvalue weighted by atomic mass is 32.2. The molecule has 0 saturated carbocycles. The third kappa shape index (κ3) is 2.97. The van der Waals surface area contributed by atoms with Crippen molar-refractivity contribution in [2.45, 2.75) is 30.7 Å². The van der Waals surface area contributed by atoms with Crippen LogP contribution in [-0.2, 0) is 16.4 Å². The molecule has 2 aliphatic heterocycles. The normalized spacial score (nSPS) is 20.7. The highest BCUT2D eigenvalue weighted by Gasteiger charge is 2.35. The van der Waals surface area contributed by atoms with E-state index in [1.54, 1.807) is 28.6 Å². The molecule has 0 bridgehead atoms. The highest BCUT2D eigenvalue weighted by molar-refractivity contribution is 7.92. The number of rotatable bonds is 3. The highest BCUT2D eigenvalue weighted by Crippen LogP contribution is 2.40. The molecule has 6 heteroatoms. The van der Waals surface area contributed by atoms with Gasteiger partial charge >= 0.3 is 0 Å². The summed E-state index contributed by atoms with van der Waals surface area (Å²) < 4.78 is 28.3. The topological polar surface area (TPSA) is 52.6 Å². The fourth-order valence-electron chi connectivity index (χ4n) is 4.01. The van der Waals surface area contributed by atoms with Crippen LogP contribution in [0.2, 0.25) is 0 Å². The van der Waals surface area contributed by atoms with Crippen LogP contribution in [0.5, 0.6) is 0 Å². The predicted octanol–water partition coefficient (Wildman–Crippen LogP) is 2.63. The number of piperazine rings is 1. The lowest BCUT2D eigenvalue weighted by Gasteiger charge is -2.39.